The van der Waals surface area contributed by atoms with Crippen LogP contribution in [0.4, 0.5) is 0 Å². The van der Waals surface area contributed by atoms with Gasteiger partial charge in [-0.15, -0.1) is 0 Å². The van der Waals surface area contributed by atoms with Gasteiger partial charge >= 0.3 is 0 Å². The molecule has 3 nitrogen and oxygen atoms in total. The van der Waals surface area contributed by atoms with Crippen molar-refractivity contribution in [3.63, 3.8) is 0 Å². The summed E-state index contributed by atoms with van der Waals surface area (Å²) in [6.07, 6.45) is 0. The lowest BCUT2D eigenvalue weighted by Gasteiger charge is -1.97. The summed E-state index contributed by atoms with van der Waals surface area (Å²) in [5.41, 5.74) is 7.58. The van der Waals surface area contributed by atoms with E-state index in [1.165, 1.54) is 5.56 Å². The lowest BCUT2D eigenvalue weighted by Crippen LogP contribution is -2.10. The molecule has 0 unspecified atom stereocenters. The summed E-state index contributed by atoms with van der Waals surface area (Å²) < 4.78 is 1.74. The van der Waals surface area contributed by atoms with Crippen LogP contribution in [-0.2, 0) is 6.54 Å². The topological polar surface area (TPSA) is 43.8 Å². The van der Waals surface area contributed by atoms with E-state index >= 15 is 0 Å². The fourth-order valence-corrected chi connectivity index (χ4v) is 1.76. The molecule has 2 rings (SSSR count). The molecule has 1 heterocycles. The molecule has 4 heteroatoms. The van der Waals surface area contributed by atoms with E-state index in [-0.39, 0.29) is 0 Å². The van der Waals surface area contributed by atoms with Gasteiger partial charge in [-0.3, -0.25) is 4.68 Å². The molecule has 0 amide bonds. The fourth-order valence-electron chi connectivity index (χ4n) is 1.48. The van der Waals surface area contributed by atoms with Crippen molar-refractivity contribution in [3.05, 3.63) is 28.9 Å². The largest absolute Gasteiger partial charge is 0.329 e. The van der Waals surface area contributed by atoms with E-state index in [0.717, 1.165) is 10.9 Å². The molecule has 0 bridgehead atoms. The second-order valence-electron chi connectivity index (χ2n) is 3.32. The molecular formula is C10H12ClN3. The van der Waals surface area contributed by atoms with Gasteiger partial charge in [0.15, 0.2) is 0 Å². The van der Waals surface area contributed by atoms with E-state index < -0.39 is 0 Å². The third-order valence-electron chi connectivity index (χ3n) is 2.17. The smallest absolute Gasteiger partial charge is 0.134 e. The van der Waals surface area contributed by atoms with Crippen molar-refractivity contribution in [2.75, 3.05) is 6.54 Å². The van der Waals surface area contributed by atoms with Crippen molar-refractivity contribution >= 4 is 22.5 Å². The number of aryl methyl sites for hydroxylation is 1. The van der Waals surface area contributed by atoms with Gasteiger partial charge in [-0.2, -0.15) is 5.10 Å². The molecule has 14 heavy (non-hydrogen) atoms. The molecule has 0 spiro atoms. The minimum atomic E-state index is 0.548. The summed E-state index contributed by atoms with van der Waals surface area (Å²) in [6, 6.07) is 6.05. The van der Waals surface area contributed by atoms with Crippen molar-refractivity contribution in [1.29, 1.82) is 0 Å². The number of rotatable bonds is 2. The van der Waals surface area contributed by atoms with Crippen molar-refractivity contribution in [3.8, 4) is 0 Å². The maximum atomic E-state index is 6.13. The zero-order valence-corrected chi connectivity index (χ0v) is 8.75. The van der Waals surface area contributed by atoms with Crippen LogP contribution in [0.25, 0.3) is 10.9 Å². The highest BCUT2D eigenvalue weighted by Gasteiger charge is 2.07. The molecule has 0 aliphatic heterocycles. The first-order valence-electron chi connectivity index (χ1n) is 4.55. The normalized spacial score (nSPS) is 11.1. The van der Waals surface area contributed by atoms with Crippen LogP contribution in [0.3, 0.4) is 0 Å². The van der Waals surface area contributed by atoms with Crippen molar-refractivity contribution < 1.29 is 0 Å². The predicted octanol–water partition coefficient (Wildman–Crippen LogP) is 1.96. The van der Waals surface area contributed by atoms with Gasteiger partial charge in [-0.1, -0.05) is 17.7 Å². The summed E-state index contributed by atoms with van der Waals surface area (Å²) >= 11 is 6.13. The van der Waals surface area contributed by atoms with E-state index in [1.54, 1.807) is 4.68 Å². The zero-order chi connectivity index (χ0) is 10.1. The van der Waals surface area contributed by atoms with Crippen LogP contribution >= 0.6 is 11.6 Å². The number of halogens is 1. The van der Waals surface area contributed by atoms with Gasteiger partial charge < -0.3 is 5.73 Å². The third-order valence-corrected chi connectivity index (χ3v) is 2.57. The second-order valence-corrected chi connectivity index (χ2v) is 3.68. The molecule has 0 aliphatic rings. The summed E-state index contributed by atoms with van der Waals surface area (Å²) in [7, 11) is 0. The highest BCUT2D eigenvalue weighted by molar-refractivity contribution is 6.34. The molecular weight excluding hydrogens is 198 g/mol. The lowest BCUT2D eigenvalue weighted by molar-refractivity contribution is 0.632. The Balaban J connectivity index is 2.61. The molecule has 1 aromatic carbocycles. The first-order chi connectivity index (χ1) is 6.72. The van der Waals surface area contributed by atoms with Crippen LogP contribution in [0.2, 0.25) is 5.15 Å². The van der Waals surface area contributed by atoms with Gasteiger partial charge in [0, 0.05) is 11.9 Å². The average Bonchev–Trinajstić information content (AvgIpc) is 2.44. The molecule has 2 N–H and O–H groups in total. The first kappa shape index (κ1) is 9.49. The van der Waals surface area contributed by atoms with Crippen LogP contribution < -0.4 is 5.73 Å². The number of aromatic nitrogens is 2. The van der Waals surface area contributed by atoms with E-state index in [4.69, 9.17) is 17.3 Å². The van der Waals surface area contributed by atoms with Gasteiger partial charge in [0.05, 0.1) is 12.1 Å². The zero-order valence-electron chi connectivity index (χ0n) is 8.00. The molecule has 1 aromatic heterocycles. The molecule has 0 saturated carbocycles. The van der Waals surface area contributed by atoms with Gasteiger partial charge in [-0.05, 0) is 24.6 Å². The van der Waals surface area contributed by atoms with Gasteiger partial charge in [0.2, 0.25) is 0 Å². The first-order valence-corrected chi connectivity index (χ1v) is 4.93. The highest BCUT2D eigenvalue weighted by atomic mass is 35.5. The van der Waals surface area contributed by atoms with Gasteiger partial charge in [-0.25, -0.2) is 0 Å². The molecule has 0 fully saturated rings. The van der Waals surface area contributed by atoms with Crippen LogP contribution in [-0.4, -0.2) is 16.3 Å². The van der Waals surface area contributed by atoms with Gasteiger partial charge in [0.1, 0.15) is 5.15 Å². The number of fused-ring (bicyclic) bond motifs is 1. The molecule has 0 saturated heterocycles. The van der Waals surface area contributed by atoms with Crippen LogP contribution in [0.5, 0.6) is 0 Å². The van der Waals surface area contributed by atoms with Crippen LogP contribution in [0.15, 0.2) is 18.2 Å². The Morgan fingerprint density at radius 2 is 2.29 bits per heavy atom. The number of nitrogens with zero attached hydrogens (tertiary/aromatic N) is 2. The van der Waals surface area contributed by atoms with E-state index in [9.17, 15) is 0 Å². The number of hydrogen-bond donors (Lipinski definition) is 1. The second kappa shape index (κ2) is 3.59. The Hall–Kier alpha value is -1.06. The van der Waals surface area contributed by atoms with Gasteiger partial charge in [0.25, 0.3) is 0 Å². The Morgan fingerprint density at radius 1 is 1.50 bits per heavy atom. The monoisotopic (exact) mass is 209 g/mol. The number of nitrogens with two attached hydrogens (primary N) is 1. The van der Waals surface area contributed by atoms with Crippen molar-refractivity contribution in [1.82, 2.24) is 9.78 Å². The third kappa shape index (κ3) is 1.49. The number of benzene rings is 1. The molecule has 0 radical (unpaired) electrons. The summed E-state index contributed by atoms with van der Waals surface area (Å²) in [4.78, 5) is 0. The molecule has 2 aromatic rings. The Kier molecular flexibility index (Phi) is 2.44. The fraction of sp³-hybridized carbons (Fsp3) is 0.300. The van der Waals surface area contributed by atoms with Crippen LogP contribution in [0, 0.1) is 6.92 Å². The van der Waals surface area contributed by atoms with E-state index in [1.807, 2.05) is 25.1 Å². The molecule has 0 aliphatic carbocycles. The maximum Gasteiger partial charge on any atom is 0.134 e. The molecule has 0 atom stereocenters. The minimum Gasteiger partial charge on any atom is -0.329 e. The van der Waals surface area contributed by atoms with E-state index in [0.29, 0.717) is 18.2 Å². The summed E-state index contributed by atoms with van der Waals surface area (Å²) in [5.74, 6) is 0. The van der Waals surface area contributed by atoms with Crippen LogP contribution in [0.1, 0.15) is 5.56 Å². The molecule has 74 valence electrons. The van der Waals surface area contributed by atoms with E-state index in [2.05, 4.69) is 5.10 Å². The summed E-state index contributed by atoms with van der Waals surface area (Å²) in [6.45, 7) is 3.24. The maximum absolute atomic E-state index is 6.13. The highest BCUT2D eigenvalue weighted by Crippen LogP contribution is 2.23. The minimum absolute atomic E-state index is 0.548. The Morgan fingerprint density at radius 3 is 3.00 bits per heavy atom. The lowest BCUT2D eigenvalue weighted by atomic mass is 10.2. The quantitative estimate of drug-likeness (QED) is 0.822. The average molecular weight is 210 g/mol. The predicted molar refractivity (Wildman–Crippen MR) is 58.5 cm³/mol. The Labute approximate surface area is 87.5 Å². The SMILES string of the molecule is Cc1ccc2c(Cl)n(CCN)nc2c1. The van der Waals surface area contributed by atoms with Crippen molar-refractivity contribution in [2.24, 2.45) is 5.73 Å². The van der Waals surface area contributed by atoms with Crippen molar-refractivity contribution in [2.45, 2.75) is 13.5 Å². The standard InChI is InChI=1S/C10H12ClN3/c1-7-2-3-8-9(6-7)13-14(5-4-12)10(8)11/h2-3,6H,4-5,12H2,1H3. The number of hydrogen-bond acceptors (Lipinski definition) is 2. The summed E-state index contributed by atoms with van der Waals surface area (Å²) in [5, 5.41) is 6.03. The Bertz CT molecular complexity index is 462.